The molecule has 170 valence electrons. The maximum Gasteiger partial charge on any atom is 0.339 e. The topological polar surface area (TPSA) is 118 Å². The molecule has 2 heterocycles. The smallest absolute Gasteiger partial charge is 0.339 e. The largest absolute Gasteiger partial charge is 0.462 e. The zero-order chi connectivity index (χ0) is 23.1. The van der Waals surface area contributed by atoms with Crippen LogP contribution < -0.4 is 10.2 Å². The summed E-state index contributed by atoms with van der Waals surface area (Å²) in [6, 6.07) is 8.15. The highest BCUT2D eigenvalue weighted by Gasteiger charge is 2.20. The molecule has 32 heavy (non-hydrogen) atoms. The number of rotatable bonds is 7. The average Bonchev–Trinajstić information content (AvgIpc) is 3.01. The van der Waals surface area contributed by atoms with E-state index in [1.54, 1.807) is 38.1 Å². The minimum absolute atomic E-state index is 0.0188. The third-order valence-corrected chi connectivity index (χ3v) is 5.31. The molecule has 0 aliphatic carbocycles. The molecule has 0 spiro atoms. The van der Waals surface area contributed by atoms with Gasteiger partial charge >= 0.3 is 5.97 Å². The van der Waals surface area contributed by atoms with Crippen LogP contribution in [0, 0.1) is 17.0 Å². The van der Waals surface area contributed by atoms with E-state index >= 15 is 0 Å². The van der Waals surface area contributed by atoms with Crippen molar-refractivity contribution in [3.05, 3.63) is 57.8 Å². The van der Waals surface area contributed by atoms with Gasteiger partial charge in [-0.2, -0.15) is 0 Å². The van der Waals surface area contributed by atoms with Crippen molar-refractivity contribution >= 4 is 29.1 Å². The lowest BCUT2D eigenvalue weighted by Crippen LogP contribution is -2.36. The Hall–Kier alpha value is -3.53. The van der Waals surface area contributed by atoms with E-state index in [0.717, 1.165) is 25.3 Å². The van der Waals surface area contributed by atoms with Gasteiger partial charge in [-0.15, -0.1) is 0 Å². The molecule has 10 nitrogen and oxygen atoms in total. The molecule has 1 aromatic heterocycles. The van der Waals surface area contributed by atoms with E-state index in [-0.39, 0.29) is 18.1 Å². The second-order valence-corrected chi connectivity index (χ2v) is 7.50. The molecule has 3 rings (SSSR count). The van der Waals surface area contributed by atoms with Crippen LogP contribution >= 0.6 is 0 Å². The fraction of sp³-hybridized carbons (Fsp3) is 0.409. The number of nitro benzene ring substituents is 1. The first-order valence-electron chi connectivity index (χ1n) is 10.5. The highest BCUT2D eigenvalue weighted by Crippen LogP contribution is 2.25. The number of benzene rings is 1. The van der Waals surface area contributed by atoms with Crippen LogP contribution in [0.3, 0.4) is 0 Å². The molecule has 10 heteroatoms. The maximum absolute atomic E-state index is 12.5. The van der Waals surface area contributed by atoms with E-state index < -0.39 is 10.9 Å². The molecule has 1 saturated heterocycles. The fourth-order valence-electron chi connectivity index (χ4n) is 3.62. The van der Waals surface area contributed by atoms with E-state index in [9.17, 15) is 19.7 Å². The highest BCUT2D eigenvalue weighted by molar-refractivity contribution is 5.93. The summed E-state index contributed by atoms with van der Waals surface area (Å²) in [5.41, 5.74) is 1.28. The molecule has 0 atom stereocenters. The first-order valence-corrected chi connectivity index (χ1v) is 10.5. The Morgan fingerprint density at radius 1 is 1.19 bits per heavy atom. The molecule has 0 saturated carbocycles. The minimum atomic E-state index is -0.457. The summed E-state index contributed by atoms with van der Waals surface area (Å²) in [4.78, 5) is 43.5. The lowest BCUT2D eigenvalue weighted by atomic mass is 10.1. The Kier molecular flexibility index (Phi) is 7.72. The van der Waals surface area contributed by atoms with Gasteiger partial charge < -0.3 is 15.0 Å². The summed E-state index contributed by atoms with van der Waals surface area (Å²) in [6.45, 7) is 6.79. The predicted octanol–water partition coefficient (Wildman–Crippen LogP) is 2.63. The van der Waals surface area contributed by atoms with E-state index in [1.165, 1.54) is 12.3 Å². The molecule has 1 N–H and O–H groups in total. The van der Waals surface area contributed by atoms with E-state index in [0.29, 0.717) is 36.5 Å². The predicted molar refractivity (Wildman–Crippen MR) is 120 cm³/mol. The Morgan fingerprint density at radius 3 is 2.69 bits per heavy atom. The number of amides is 1. The Morgan fingerprint density at radius 2 is 2.00 bits per heavy atom. The van der Waals surface area contributed by atoms with E-state index in [4.69, 9.17) is 4.74 Å². The SMILES string of the molecule is CCOC(=O)c1ccc(N2CCCN(CC(=O)Nc3cccc([N+](=O)[O-])c3C)CC2)nc1. The van der Waals surface area contributed by atoms with Gasteiger partial charge in [0.15, 0.2) is 0 Å². The molecular weight excluding hydrogens is 414 g/mol. The van der Waals surface area contributed by atoms with Crippen molar-refractivity contribution in [3.63, 3.8) is 0 Å². The lowest BCUT2D eigenvalue weighted by molar-refractivity contribution is -0.385. The summed E-state index contributed by atoms with van der Waals surface area (Å²) in [6.07, 6.45) is 2.37. The minimum Gasteiger partial charge on any atom is -0.462 e. The van der Waals surface area contributed by atoms with Crippen molar-refractivity contribution in [2.75, 3.05) is 49.5 Å². The number of esters is 1. The zero-order valence-corrected chi connectivity index (χ0v) is 18.2. The number of hydrogen-bond acceptors (Lipinski definition) is 8. The second-order valence-electron chi connectivity index (χ2n) is 7.50. The number of nitrogens with one attached hydrogen (secondary N) is 1. The van der Waals surface area contributed by atoms with Crippen LogP contribution in [0.2, 0.25) is 0 Å². The molecule has 0 radical (unpaired) electrons. The van der Waals surface area contributed by atoms with Gasteiger partial charge in [-0.05, 0) is 38.5 Å². The molecule has 2 aromatic rings. The van der Waals surface area contributed by atoms with Crippen LogP contribution in [-0.2, 0) is 9.53 Å². The van der Waals surface area contributed by atoms with Gasteiger partial charge in [-0.25, -0.2) is 9.78 Å². The van der Waals surface area contributed by atoms with Crippen molar-refractivity contribution in [1.82, 2.24) is 9.88 Å². The molecule has 1 aliphatic rings. The number of nitro groups is 1. The van der Waals surface area contributed by atoms with E-state index in [2.05, 4.69) is 20.1 Å². The first-order chi connectivity index (χ1) is 15.4. The number of aromatic nitrogens is 1. The molecule has 1 aromatic carbocycles. The molecule has 1 aliphatic heterocycles. The molecule has 0 unspecified atom stereocenters. The van der Waals surface area contributed by atoms with Crippen molar-refractivity contribution in [2.45, 2.75) is 20.3 Å². The average molecular weight is 441 g/mol. The Balaban J connectivity index is 1.55. The molecule has 1 amide bonds. The van der Waals surface area contributed by atoms with Gasteiger partial charge in [-0.1, -0.05) is 6.07 Å². The Labute approximate surface area is 186 Å². The summed E-state index contributed by atoms with van der Waals surface area (Å²) in [5.74, 6) is 0.175. The van der Waals surface area contributed by atoms with E-state index in [1.807, 2.05) is 0 Å². The number of pyridine rings is 1. The lowest BCUT2D eigenvalue weighted by Gasteiger charge is -2.22. The van der Waals surface area contributed by atoms with Crippen LogP contribution in [-0.4, -0.2) is 66.0 Å². The third kappa shape index (κ3) is 5.79. The Bertz CT molecular complexity index is 979. The number of ether oxygens (including phenoxy) is 1. The summed E-state index contributed by atoms with van der Waals surface area (Å²) in [7, 11) is 0. The standard InChI is InChI=1S/C22H27N5O5/c1-3-32-22(29)17-8-9-20(23-14-17)26-11-5-10-25(12-13-26)15-21(28)24-18-6-4-7-19(16(18)2)27(30)31/h4,6-9,14H,3,5,10-13,15H2,1-2H3,(H,24,28). The number of anilines is 2. The quantitative estimate of drug-likeness (QED) is 0.396. The van der Waals surface area contributed by atoms with Gasteiger partial charge in [0.2, 0.25) is 5.91 Å². The fourth-order valence-corrected chi connectivity index (χ4v) is 3.62. The van der Waals surface area contributed by atoms with Crippen LogP contribution in [0.25, 0.3) is 0 Å². The zero-order valence-electron chi connectivity index (χ0n) is 18.2. The number of carbonyl (C=O) groups excluding carboxylic acids is 2. The van der Waals surface area contributed by atoms with Gasteiger partial charge in [0.25, 0.3) is 5.69 Å². The van der Waals surface area contributed by atoms with Crippen LogP contribution in [0.5, 0.6) is 0 Å². The van der Waals surface area contributed by atoms with Crippen LogP contribution in [0.1, 0.15) is 29.3 Å². The number of hydrogen-bond donors (Lipinski definition) is 1. The van der Waals surface area contributed by atoms with Gasteiger partial charge in [0.1, 0.15) is 5.82 Å². The van der Waals surface area contributed by atoms with Crippen molar-refractivity contribution in [2.24, 2.45) is 0 Å². The third-order valence-electron chi connectivity index (χ3n) is 5.31. The molecule has 1 fully saturated rings. The monoisotopic (exact) mass is 441 g/mol. The molecular formula is C22H27N5O5. The van der Waals surface area contributed by atoms with Gasteiger partial charge in [0.05, 0.1) is 34.9 Å². The van der Waals surface area contributed by atoms with Crippen molar-refractivity contribution < 1.29 is 19.2 Å². The van der Waals surface area contributed by atoms with Gasteiger partial charge in [0, 0.05) is 38.4 Å². The first kappa shape index (κ1) is 23.1. The maximum atomic E-state index is 12.5. The number of carbonyl (C=O) groups is 2. The normalized spacial score (nSPS) is 14.5. The summed E-state index contributed by atoms with van der Waals surface area (Å²) >= 11 is 0. The van der Waals surface area contributed by atoms with Crippen molar-refractivity contribution in [3.8, 4) is 0 Å². The molecule has 0 bridgehead atoms. The van der Waals surface area contributed by atoms with Gasteiger partial charge in [-0.3, -0.25) is 19.8 Å². The van der Waals surface area contributed by atoms with Crippen molar-refractivity contribution in [1.29, 1.82) is 0 Å². The highest BCUT2D eigenvalue weighted by atomic mass is 16.6. The van der Waals surface area contributed by atoms with Crippen LogP contribution in [0.15, 0.2) is 36.5 Å². The van der Waals surface area contributed by atoms with Crippen LogP contribution in [0.4, 0.5) is 17.2 Å². The summed E-state index contributed by atoms with van der Waals surface area (Å²) < 4.78 is 4.98. The second kappa shape index (κ2) is 10.7. The number of nitrogens with zero attached hydrogens (tertiary/aromatic N) is 4. The summed E-state index contributed by atoms with van der Waals surface area (Å²) in [5, 5.41) is 13.9.